The van der Waals surface area contributed by atoms with Gasteiger partial charge in [-0.15, -0.1) is 0 Å². The molecule has 0 amide bonds. The quantitative estimate of drug-likeness (QED) is 0.360. The first kappa shape index (κ1) is 26.7. The molecule has 2 rings (SSSR count). The minimum absolute atomic E-state index is 0.178. The standard InChI is InChI=1S/C27H45NO2Si2/c1-22(21-29-31(8,9)26(2,3)4)28(23-15-13-12-14-16-23)24-17-19-25(20-18-24)30-32(10,11)27(5,6)7/h12-20,22H,21H2,1-11H3. The average molecular weight is 472 g/mol. The van der Waals surface area contributed by atoms with Crippen molar-refractivity contribution in [3.8, 4) is 5.75 Å². The van der Waals surface area contributed by atoms with E-state index < -0.39 is 16.6 Å². The molecule has 32 heavy (non-hydrogen) atoms. The van der Waals surface area contributed by atoms with Gasteiger partial charge >= 0.3 is 0 Å². The van der Waals surface area contributed by atoms with Crippen LogP contribution in [-0.4, -0.2) is 29.3 Å². The molecule has 0 spiro atoms. The van der Waals surface area contributed by atoms with Gasteiger partial charge in [0, 0.05) is 11.4 Å². The topological polar surface area (TPSA) is 21.7 Å². The number of hydrogen-bond donors (Lipinski definition) is 0. The van der Waals surface area contributed by atoms with Crippen molar-refractivity contribution in [1.29, 1.82) is 0 Å². The summed E-state index contributed by atoms with van der Waals surface area (Å²) in [5.41, 5.74) is 2.34. The van der Waals surface area contributed by atoms with E-state index in [1.54, 1.807) is 0 Å². The molecule has 0 radical (unpaired) electrons. The van der Waals surface area contributed by atoms with Crippen LogP contribution >= 0.6 is 0 Å². The highest BCUT2D eigenvalue weighted by Gasteiger charge is 2.39. The van der Waals surface area contributed by atoms with Crippen molar-refractivity contribution >= 4 is 28.0 Å². The van der Waals surface area contributed by atoms with Crippen molar-refractivity contribution in [2.75, 3.05) is 11.5 Å². The average Bonchev–Trinajstić information content (AvgIpc) is 2.67. The second-order valence-electron chi connectivity index (χ2n) is 12.0. The van der Waals surface area contributed by atoms with Gasteiger partial charge in [-0.1, -0.05) is 59.7 Å². The number of benzene rings is 2. The molecule has 3 nitrogen and oxygen atoms in total. The third-order valence-electron chi connectivity index (χ3n) is 7.26. The molecule has 0 aliphatic carbocycles. The lowest BCUT2D eigenvalue weighted by Crippen LogP contribution is -2.44. The first-order valence-corrected chi connectivity index (χ1v) is 17.6. The fourth-order valence-electron chi connectivity index (χ4n) is 2.99. The van der Waals surface area contributed by atoms with Gasteiger partial charge in [0.2, 0.25) is 8.32 Å². The molecule has 0 aliphatic rings. The second kappa shape index (κ2) is 9.74. The largest absolute Gasteiger partial charge is 0.544 e. The van der Waals surface area contributed by atoms with E-state index in [9.17, 15) is 0 Å². The molecule has 1 unspecified atom stereocenters. The Hall–Kier alpha value is -1.57. The molecule has 5 heteroatoms. The van der Waals surface area contributed by atoms with Crippen molar-refractivity contribution in [2.24, 2.45) is 0 Å². The van der Waals surface area contributed by atoms with Crippen LogP contribution < -0.4 is 9.33 Å². The zero-order valence-corrected chi connectivity index (χ0v) is 24.2. The minimum Gasteiger partial charge on any atom is -0.544 e. The second-order valence-corrected chi connectivity index (χ2v) is 21.5. The van der Waals surface area contributed by atoms with E-state index in [0.717, 1.165) is 11.4 Å². The molecule has 1 atom stereocenters. The normalized spacial score (nSPS) is 14.2. The Morgan fingerprint density at radius 1 is 0.719 bits per heavy atom. The van der Waals surface area contributed by atoms with E-state index in [1.807, 2.05) is 0 Å². The molecular weight excluding hydrogens is 426 g/mol. The molecule has 0 aliphatic heterocycles. The van der Waals surface area contributed by atoms with Gasteiger partial charge in [-0.3, -0.25) is 0 Å². The summed E-state index contributed by atoms with van der Waals surface area (Å²) in [6.45, 7) is 25.9. The summed E-state index contributed by atoms with van der Waals surface area (Å²) in [5, 5.41) is 0.379. The first-order valence-electron chi connectivity index (χ1n) is 11.8. The molecule has 0 saturated heterocycles. The van der Waals surface area contributed by atoms with Crippen LogP contribution in [0.4, 0.5) is 11.4 Å². The number of anilines is 2. The van der Waals surface area contributed by atoms with E-state index in [1.165, 1.54) is 5.69 Å². The first-order chi connectivity index (χ1) is 14.6. The molecule has 0 fully saturated rings. The maximum atomic E-state index is 6.58. The monoisotopic (exact) mass is 471 g/mol. The number of hydrogen-bond acceptors (Lipinski definition) is 3. The SMILES string of the molecule is CC(CO[Si](C)(C)C(C)(C)C)N(c1ccccc1)c1ccc(O[Si](C)(C)C(C)(C)C)cc1. The van der Waals surface area contributed by atoms with Crippen molar-refractivity contribution in [3.63, 3.8) is 0 Å². The van der Waals surface area contributed by atoms with Gasteiger partial charge in [0.05, 0.1) is 12.6 Å². The summed E-state index contributed by atoms with van der Waals surface area (Å²) >= 11 is 0. The van der Waals surface area contributed by atoms with Crippen molar-refractivity contribution < 1.29 is 8.85 Å². The summed E-state index contributed by atoms with van der Waals surface area (Å²) in [4.78, 5) is 2.38. The van der Waals surface area contributed by atoms with Gasteiger partial charge in [-0.2, -0.15) is 0 Å². The van der Waals surface area contributed by atoms with Crippen LogP contribution in [0, 0.1) is 0 Å². The maximum Gasteiger partial charge on any atom is 0.250 e. The predicted octanol–water partition coefficient (Wildman–Crippen LogP) is 8.62. The molecule has 178 valence electrons. The van der Waals surface area contributed by atoms with Crippen LogP contribution in [0.5, 0.6) is 5.75 Å². The minimum atomic E-state index is -1.86. The van der Waals surface area contributed by atoms with Crippen LogP contribution in [0.1, 0.15) is 48.5 Å². The van der Waals surface area contributed by atoms with E-state index in [-0.39, 0.29) is 16.1 Å². The number of nitrogens with zero attached hydrogens (tertiary/aromatic N) is 1. The van der Waals surface area contributed by atoms with Crippen molar-refractivity contribution in [2.45, 2.75) is 90.8 Å². The molecule has 2 aromatic rings. The highest BCUT2D eigenvalue weighted by Crippen LogP contribution is 2.39. The Kier molecular flexibility index (Phi) is 8.12. The van der Waals surface area contributed by atoms with Crippen molar-refractivity contribution in [3.05, 3.63) is 54.6 Å². The molecule has 0 heterocycles. The van der Waals surface area contributed by atoms with Gasteiger partial charge in [0.1, 0.15) is 5.75 Å². The molecule has 0 aromatic heterocycles. The predicted molar refractivity (Wildman–Crippen MR) is 145 cm³/mol. The molecule has 2 aromatic carbocycles. The van der Waals surface area contributed by atoms with Gasteiger partial charge in [-0.25, -0.2) is 0 Å². The third-order valence-corrected chi connectivity index (χ3v) is 16.1. The smallest absolute Gasteiger partial charge is 0.250 e. The number of para-hydroxylation sites is 1. The molecule has 0 bridgehead atoms. The molecular formula is C27H45NO2Si2. The fraction of sp³-hybridized carbons (Fsp3) is 0.556. The lowest BCUT2D eigenvalue weighted by Gasteiger charge is -2.39. The Balaban J connectivity index is 2.28. The van der Waals surface area contributed by atoms with E-state index >= 15 is 0 Å². The summed E-state index contributed by atoms with van der Waals surface area (Å²) in [5.74, 6) is 0.957. The van der Waals surface area contributed by atoms with Crippen molar-refractivity contribution in [1.82, 2.24) is 0 Å². The van der Waals surface area contributed by atoms with Gasteiger partial charge in [0.15, 0.2) is 8.32 Å². The highest BCUT2D eigenvalue weighted by atomic mass is 28.4. The summed E-state index contributed by atoms with van der Waals surface area (Å²) in [6.07, 6.45) is 0. The van der Waals surface area contributed by atoms with E-state index in [0.29, 0.717) is 6.61 Å². The Bertz CT molecular complexity index is 850. The Labute approximate surface area is 199 Å². The Morgan fingerprint density at radius 3 is 1.66 bits per heavy atom. The van der Waals surface area contributed by atoms with Gasteiger partial charge in [0.25, 0.3) is 0 Å². The zero-order valence-electron chi connectivity index (χ0n) is 22.2. The van der Waals surface area contributed by atoms with Crippen LogP contribution in [-0.2, 0) is 4.43 Å². The lowest BCUT2D eigenvalue weighted by molar-refractivity contribution is 0.269. The van der Waals surface area contributed by atoms with Gasteiger partial charge < -0.3 is 13.8 Å². The highest BCUT2D eigenvalue weighted by molar-refractivity contribution is 6.75. The summed E-state index contributed by atoms with van der Waals surface area (Å²) in [7, 11) is -3.67. The Morgan fingerprint density at radius 2 is 1.19 bits per heavy atom. The molecule has 0 saturated carbocycles. The van der Waals surface area contributed by atoms with Crippen LogP contribution in [0.15, 0.2) is 54.6 Å². The van der Waals surface area contributed by atoms with E-state index in [4.69, 9.17) is 8.85 Å². The summed E-state index contributed by atoms with van der Waals surface area (Å²) < 4.78 is 13.1. The summed E-state index contributed by atoms with van der Waals surface area (Å²) in [6, 6.07) is 19.4. The fourth-order valence-corrected chi connectivity index (χ4v) is 5.11. The van der Waals surface area contributed by atoms with Crippen LogP contribution in [0.2, 0.25) is 36.3 Å². The maximum absolute atomic E-state index is 6.58. The lowest BCUT2D eigenvalue weighted by atomic mass is 10.2. The zero-order chi connectivity index (χ0) is 24.4. The third kappa shape index (κ3) is 6.49. The van der Waals surface area contributed by atoms with Crippen LogP contribution in [0.3, 0.4) is 0 Å². The van der Waals surface area contributed by atoms with Crippen LogP contribution in [0.25, 0.3) is 0 Å². The number of rotatable bonds is 8. The molecule has 0 N–H and O–H groups in total. The van der Waals surface area contributed by atoms with Gasteiger partial charge in [-0.05, 0) is 79.6 Å². The van der Waals surface area contributed by atoms with E-state index in [2.05, 4.69) is 134 Å².